The molecule has 0 aromatic heterocycles. The number of halogens is 2. The Bertz CT molecular complexity index is 1200. The van der Waals surface area contributed by atoms with E-state index < -0.39 is 11.6 Å². The quantitative estimate of drug-likeness (QED) is 0.218. The molecule has 0 spiro atoms. The third-order valence-electron chi connectivity index (χ3n) is 6.06. The third-order valence-corrected chi connectivity index (χ3v) is 6.06. The summed E-state index contributed by atoms with van der Waals surface area (Å²) in [5, 5.41) is 0. The number of aryl methyl sites for hydroxylation is 2. The summed E-state index contributed by atoms with van der Waals surface area (Å²) in [5.74, 6) is 10.4. The van der Waals surface area contributed by atoms with Gasteiger partial charge in [0.15, 0.2) is 11.6 Å². The number of unbranched alkanes of at least 4 members (excludes halogenated alkanes) is 5. The lowest BCUT2D eigenvalue weighted by atomic mass is 10.0. The molecule has 0 aliphatic rings. The standard InChI is InChI=1S/C33H34F2/c1-3-5-7-8-9-10-26-12-14-27(15-13-26)16-17-28-18-20-29(21-19-28)22-23-31-25-24-30(11-6-4-2)32(34)33(31)35/h12-15,18-21,24-25H,3-11H2,1-2H3. The number of hydrogen-bond donors (Lipinski definition) is 0. The average Bonchev–Trinajstić information content (AvgIpc) is 2.89. The Labute approximate surface area is 209 Å². The largest absolute Gasteiger partial charge is 0.203 e. The van der Waals surface area contributed by atoms with Crippen molar-refractivity contribution in [3.63, 3.8) is 0 Å². The fraction of sp³-hybridized carbons (Fsp3) is 0.333. The molecule has 2 heteroatoms. The van der Waals surface area contributed by atoms with Crippen molar-refractivity contribution in [2.45, 2.75) is 71.6 Å². The Morgan fingerprint density at radius 3 is 1.66 bits per heavy atom. The lowest BCUT2D eigenvalue weighted by Gasteiger charge is -2.04. The second kappa shape index (κ2) is 14.1. The van der Waals surface area contributed by atoms with Gasteiger partial charge in [-0.2, -0.15) is 0 Å². The van der Waals surface area contributed by atoms with Crippen LogP contribution in [0.3, 0.4) is 0 Å². The first kappa shape index (κ1) is 26.2. The third kappa shape index (κ3) is 8.42. The molecule has 35 heavy (non-hydrogen) atoms. The lowest BCUT2D eigenvalue weighted by Crippen LogP contribution is -1.97. The van der Waals surface area contributed by atoms with Crippen LogP contribution in [0.5, 0.6) is 0 Å². The van der Waals surface area contributed by atoms with E-state index in [1.165, 1.54) is 37.7 Å². The van der Waals surface area contributed by atoms with Gasteiger partial charge in [-0.1, -0.05) is 87.8 Å². The Kier molecular flexibility index (Phi) is 10.6. The van der Waals surface area contributed by atoms with Crippen LogP contribution in [0.4, 0.5) is 8.78 Å². The van der Waals surface area contributed by atoms with Crippen LogP contribution in [0.1, 0.15) is 92.2 Å². The summed E-state index contributed by atoms with van der Waals surface area (Å²) in [6.07, 6.45) is 9.91. The number of benzene rings is 3. The van der Waals surface area contributed by atoms with Gasteiger partial charge < -0.3 is 0 Å². The van der Waals surface area contributed by atoms with Crippen molar-refractivity contribution in [1.82, 2.24) is 0 Å². The summed E-state index contributed by atoms with van der Waals surface area (Å²) >= 11 is 0. The van der Waals surface area contributed by atoms with Gasteiger partial charge in [-0.05, 0) is 79.3 Å². The van der Waals surface area contributed by atoms with Gasteiger partial charge in [-0.15, -0.1) is 0 Å². The topological polar surface area (TPSA) is 0 Å². The Morgan fingerprint density at radius 1 is 0.514 bits per heavy atom. The highest BCUT2D eigenvalue weighted by Gasteiger charge is 2.11. The van der Waals surface area contributed by atoms with Gasteiger partial charge >= 0.3 is 0 Å². The van der Waals surface area contributed by atoms with Crippen LogP contribution < -0.4 is 0 Å². The molecule has 0 aliphatic heterocycles. The second-order valence-electron chi connectivity index (χ2n) is 8.94. The van der Waals surface area contributed by atoms with E-state index in [1.807, 2.05) is 31.2 Å². The molecule has 0 nitrogen and oxygen atoms in total. The summed E-state index contributed by atoms with van der Waals surface area (Å²) in [7, 11) is 0. The SMILES string of the molecule is CCCCCCCc1ccc(C#Cc2ccc(C#Cc3ccc(CCCC)c(F)c3F)cc2)cc1. The van der Waals surface area contributed by atoms with Crippen LogP contribution in [0.15, 0.2) is 60.7 Å². The zero-order valence-electron chi connectivity index (χ0n) is 20.9. The molecule has 180 valence electrons. The maximum absolute atomic E-state index is 14.4. The number of rotatable bonds is 9. The van der Waals surface area contributed by atoms with E-state index in [4.69, 9.17) is 0 Å². The first-order valence-corrected chi connectivity index (χ1v) is 12.8. The molecule has 0 unspecified atom stereocenters. The summed E-state index contributed by atoms with van der Waals surface area (Å²) < 4.78 is 28.6. The minimum Gasteiger partial charge on any atom is -0.203 e. The Morgan fingerprint density at radius 2 is 1.06 bits per heavy atom. The van der Waals surface area contributed by atoms with Gasteiger partial charge in [0.1, 0.15) is 0 Å². The predicted molar refractivity (Wildman–Crippen MR) is 142 cm³/mol. The molecule has 0 bridgehead atoms. The highest BCUT2D eigenvalue weighted by Crippen LogP contribution is 2.18. The highest BCUT2D eigenvalue weighted by atomic mass is 19.2. The van der Waals surface area contributed by atoms with Crippen LogP contribution in [0.2, 0.25) is 0 Å². The molecule has 0 radical (unpaired) electrons. The summed E-state index contributed by atoms with van der Waals surface area (Å²) in [6.45, 7) is 4.27. The molecule has 3 aromatic rings. The fourth-order valence-corrected chi connectivity index (χ4v) is 3.85. The number of hydrogen-bond acceptors (Lipinski definition) is 0. The second-order valence-corrected chi connectivity index (χ2v) is 8.94. The van der Waals surface area contributed by atoms with Crippen molar-refractivity contribution < 1.29 is 8.78 Å². The zero-order valence-corrected chi connectivity index (χ0v) is 20.9. The molecular weight excluding hydrogens is 434 g/mol. The molecule has 0 amide bonds. The van der Waals surface area contributed by atoms with Gasteiger partial charge in [0.05, 0.1) is 5.56 Å². The minimum atomic E-state index is -0.865. The highest BCUT2D eigenvalue weighted by molar-refractivity contribution is 5.48. The van der Waals surface area contributed by atoms with Gasteiger partial charge in [0.25, 0.3) is 0 Å². The van der Waals surface area contributed by atoms with E-state index >= 15 is 0 Å². The average molecular weight is 469 g/mol. The summed E-state index contributed by atoms with van der Waals surface area (Å²) in [5.41, 5.74) is 4.46. The van der Waals surface area contributed by atoms with Crippen molar-refractivity contribution in [2.24, 2.45) is 0 Å². The van der Waals surface area contributed by atoms with Crippen LogP contribution in [0, 0.1) is 35.3 Å². The van der Waals surface area contributed by atoms with Crippen molar-refractivity contribution in [3.8, 4) is 23.7 Å². The molecule has 0 heterocycles. The maximum Gasteiger partial charge on any atom is 0.174 e. The van der Waals surface area contributed by atoms with Crippen LogP contribution in [-0.2, 0) is 12.8 Å². The van der Waals surface area contributed by atoms with Crippen LogP contribution >= 0.6 is 0 Å². The molecule has 3 rings (SSSR count). The van der Waals surface area contributed by atoms with Crippen molar-refractivity contribution in [1.29, 1.82) is 0 Å². The van der Waals surface area contributed by atoms with E-state index in [9.17, 15) is 8.78 Å². The van der Waals surface area contributed by atoms with Gasteiger partial charge in [0.2, 0.25) is 0 Å². The lowest BCUT2D eigenvalue weighted by molar-refractivity contribution is 0.495. The minimum absolute atomic E-state index is 0.0797. The molecule has 0 saturated heterocycles. The normalized spacial score (nSPS) is 10.3. The Balaban J connectivity index is 1.58. The molecule has 0 atom stereocenters. The predicted octanol–water partition coefficient (Wildman–Crippen LogP) is 8.62. The summed E-state index contributed by atoms with van der Waals surface area (Å²) in [6, 6.07) is 19.2. The van der Waals surface area contributed by atoms with Crippen molar-refractivity contribution in [2.75, 3.05) is 0 Å². The smallest absolute Gasteiger partial charge is 0.174 e. The monoisotopic (exact) mass is 468 g/mol. The zero-order chi connectivity index (χ0) is 24.9. The first-order valence-electron chi connectivity index (χ1n) is 12.8. The molecule has 0 aliphatic carbocycles. The Hall–Kier alpha value is -3.36. The van der Waals surface area contributed by atoms with E-state index in [0.717, 1.165) is 36.0 Å². The van der Waals surface area contributed by atoms with Gasteiger partial charge in [-0.3, -0.25) is 0 Å². The fourth-order valence-electron chi connectivity index (χ4n) is 3.85. The maximum atomic E-state index is 14.4. The van der Waals surface area contributed by atoms with Crippen molar-refractivity contribution >= 4 is 0 Å². The van der Waals surface area contributed by atoms with Gasteiger partial charge in [0, 0.05) is 16.7 Å². The molecule has 3 aromatic carbocycles. The van der Waals surface area contributed by atoms with Crippen LogP contribution in [0.25, 0.3) is 0 Å². The van der Waals surface area contributed by atoms with Crippen LogP contribution in [-0.4, -0.2) is 0 Å². The molecular formula is C33H34F2. The van der Waals surface area contributed by atoms with E-state index in [0.29, 0.717) is 12.0 Å². The first-order chi connectivity index (χ1) is 17.1. The molecule has 0 fully saturated rings. The van der Waals surface area contributed by atoms with E-state index in [-0.39, 0.29) is 5.56 Å². The van der Waals surface area contributed by atoms with Gasteiger partial charge in [-0.25, -0.2) is 8.78 Å². The van der Waals surface area contributed by atoms with Crippen molar-refractivity contribution in [3.05, 3.63) is 106 Å². The molecule has 0 N–H and O–H groups in total. The summed E-state index contributed by atoms with van der Waals surface area (Å²) in [4.78, 5) is 0. The van der Waals surface area contributed by atoms with E-state index in [2.05, 4.69) is 54.9 Å². The molecule has 0 saturated carbocycles. The van der Waals surface area contributed by atoms with E-state index in [1.54, 1.807) is 12.1 Å².